The Kier molecular flexibility index (Phi) is 6.37. The van der Waals surface area contributed by atoms with Crippen LogP contribution >= 0.6 is 0 Å². The molecule has 0 aliphatic heterocycles. The topological polar surface area (TPSA) is 92.7 Å². The van der Waals surface area contributed by atoms with Crippen LogP contribution < -0.4 is 5.32 Å². The third-order valence-corrected chi connectivity index (χ3v) is 4.19. The van der Waals surface area contributed by atoms with Crippen molar-refractivity contribution in [2.75, 3.05) is 11.9 Å². The van der Waals surface area contributed by atoms with Crippen LogP contribution in [0.4, 0.5) is 5.69 Å². The summed E-state index contributed by atoms with van der Waals surface area (Å²) in [4.78, 5) is 35.1. The van der Waals surface area contributed by atoms with E-state index in [1.165, 1.54) is 0 Å². The maximum absolute atomic E-state index is 12.4. The Labute approximate surface area is 167 Å². The molecule has 0 bridgehead atoms. The van der Waals surface area contributed by atoms with Crippen molar-refractivity contribution in [2.45, 2.75) is 6.61 Å². The van der Waals surface area contributed by atoms with E-state index in [4.69, 9.17) is 9.84 Å². The van der Waals surface area contributed by atoms with Crippen molar-refractivity contribution in [3.8, 4) is 0 Å². The summed E-state index contributed by atoms with van der Waals surface area (Å²) in [6, 6.07) is 22.3. The first kappa shape index (κ1) is 19.8. The maximum atomic E-state index is 12.4. The number of benzene rings is 3. The summed E-state index contributed by atoms with van der Waals surface area (Å²) in [6.45, 7) is -0.121. The fraction of sp³-hybridized carbons (Fsp3) is 0.0870. The third kappa shape index (κ3) is 5.52. The number of carbonyl (C=O) groups excluding carboxylic acids is 2. The van der Waals surface area contributed by atoms with Crippen molar-refractivity contribution < 1.29 is 24.2 Å². The lowest BCUT2D eigenvalue weighted by molar-refractivity contribution is -0.134. The number of nitrogens with one attached hydrogen (secondary N) is 1. The van der Waals surface area contributed by atoms with Crippen molar-refractivity contribution in [2.24, 2.45) is 0 Å². The van der Waals surface area contributed by atoms with Crippen LogP contribution in [0.3, 0.4) is 0 Å². The van der Waals surface area contributed by atoms with E-state index in [0.717, 1.165) is 5.56 Å². The molecular weight excluding hydrogens is 370 g/mol. The molecule has 0 aliphatic rings. The largest absolute Gasteiger partial charge is 0.480 e. The Hall–Kier alpha value is -3.93. The van der Waals surface area contributed by atoms with E-state index in [9.17, 15) is 14.4 Å². The lowest BCUT2D eigenvalue weighted by Crippen LogP contribution is -2.12. The molecule has 6 nitrogen and oxygen atoms in total. The third-order valence-electron chi connectivity index (χ3n) is 4.19. The second kappa shape index (κ2) is 9.32. The zero-order chi connectivity index (χ0) is 20.6. The summed E-state index contributed by atoms with van der Waals surface area (Å²) < 4.78 is 5.30. The van der Waals surface area contributed by atoms with Gasteiger partial charge in [-0.2, -0.15) is 0 Å². The Morgan fingerprint density at radius 3 is 1.97 bits per heavy atom. The standard InChI is InChI=1S/C23H19NO5/c25-21(26)14-24-20-12-10-19(11-13-20)23(28)29-15-16-6-8-18(9-7-16)22(27)17-4-2-1-3-5-17/h1-13,24H,14-15H2,(H,25,26). The number of rotatable bonds is 8. The van der Waals surface area contributed by atoms with E-state index in [-0.39, 0.29) is 18.9 Å². The molecule has 0 saturated heterocycles. The van der Waals surface area contributed by atoms with Crippen molar-refractivity contribution in [3.05, 3.63) is 101 Å². The SMILES string of the molecule is O=C(O)CNc1ccc(C(=O)OCc2ccc(C(=O)c3ccccc3)cc2)cc1. The fourth-order valence-corrected chi connectivity index (χ4v) is 2.64. The van der Waals surface area contributed by atoms with Gasteiger partial charge in [-0.25, -0.2) is 4.79 Å². The van der Waals surface area contributed by atoms with Crippen molar-refractivity contribution in [1.29, 1.82) is 0 Å². The fourth-order valence-electron chi connectivity index (χ4n) is 2.64. The maximum Gasteiger partial charge on any atom is 0.338 e. The lowest BCUT2D eigenvalue weighted by atomic mass is 10.0. The minimum Gasteiger partial charge on any atom is -0.480 e. The molecule has 6 heteroatoms. The van der Waals surface area contributed by atoms with Gasteiger partial charge in [-0.3, -0.25) is 9.59 Å². The summed E-state index contributed by atoms with van der Waals surface area (Å²) >= 11 is 0. The first-order valence-electron chi connectivity index (χ1n) is 8.94. The number of aliphatic carboxylic acids is 1. The Morgan fingerprint density at radius 1 is 0.759 bits per heavy atom. The Balaban J connectivity index is 1.55. The van der Waals surface area contributed by atoms with Crippen LogP contribution in [-0.4, -0.2) is 29.4 Å². The molecule has 0 amide bonds. The normalized spacial score (nSPS) is 10.2. The first-order valence-corrected chi connectivity index (χ1v) is 8.94. The molecule has 0 unspecified atom stereocenters. The highest BCUT2D eigenvalue weighted by atomic mass is 16.5. The molecule has 3 aromatic rings. The monoisotopic (exact) mass is 389 g/mol. The van der Waals surface area contributed by atoms with Crippen LogP contribution in [-0.2, 0) is 16.1 Å². The van der Waals surface area contributed by atoms with E-state index in [2.05, 4.69) is 5.32 Å². The Bertz CT molecular complexity index is 996. The van der Waals surface area contributed by atoms with Gasteiger partial charge in [0.2, 0.25) is 0 Å². The van der Waals surface area contributed by atoms with Gasteiger partial charge in [-0.05, 0) is 29.8 Å². The average molecular weight is 389 g/mol. The van der Waals surface area contributed by atoms with E-state index in [0.29, 0.717) is 22.4 Å². The molecule has 0 atom stereocenters. The van der Waals surface area contributed by atoms with E-state index >= 15 is 0 Å². The Morgan fingerprint density at radius 2 is 1.34 bits per heavy atom. The second-order valence-electron chi connectivity index (χ2n) is 6.29. The van der Waals surface area contributed by atoms with Crippen LogP contribution in [0.15, 0.2) is 78.9 Å². The lowest BCUT2D eigenvalue weighted by Gasteiger charge is -2.07. The molecule has 29 heavy (non-hydrogen) atoms. The highest BCUT2D eigenvalue weighted by Gasteiger charge is 2.10. The van der Waals surface area contributed by atoms with E-state index in [1.807, 2.05) is 18.2 Å². The molecular formula is C23H19NO5. The molecule has 3 rings (SSSR count). The molecule has 0 aromatic heterocycles. The predicted molar refractivity (Wildman–Crippen MR) is 108 cm³/mol. The summed E-state index contributed by atoms with van der Waals surface area (Å²) in [5, 5.41) is 11.4. The molecule has 0 aliphatic carbocycles. The highest BCUT2D eigenvalue weighted by Crippen LogP contribution is 2.14. The van der Waals surface area contributed by atoms with Gasteiger partial charge in [0.1, 0.15) is 13.2 Å². The zero-order valence-corrected chi connectivity index (χ0v) is 15.5. The van der Waals surface area contributed by atoms with Crippen molar-refractivity contribution in [1.82, 2.24) is 0 Å². The van der Waals surface area contributed by atoms with Crippen LogP contribution in [0.25, 0.3) is 0 Å². The van der Waals surface area contributed by atoms with Crippen molar-refractivity contribution >= 4 is 23.4 Å². The number of hydrogen-bond acceptors (Lipinski definition) is 5. The van der Waals surface area contributed by atoms with Crippen LogP contribution in [0, 0.1) is 0 Å². The number of ether oxygens (including phenoxy) is 1. The molecule has 0 fully saturated rings. The summed E-state index contributed by atoms with van der Waals surface area (Å²) in [5.41, 5.74) is 2.91. The number of carbonyl (C=O) groups is 3. The molecule has 0 radical (unpaired) electrons. The molecule has 0 spiro atoms. The number of carboxylic acids is 1. The molecule has 3 aromatic carbocycles. The van der Waals surface area contributed by atoms with E-state index in [1.54, 1.807) is 60.7 Å². The smallest absolute Gasteiger partial charge is 0.338 e. The number of anilines is 1. The number of hydrogen-bond donors (Lipinski definition) is 2. The zero-order valence-electron chi connectivity index (χ0n) is 15.5. The average Bonchev–Trinajstić information content (AvgIpc) is 2.77. The van der Waals surface area contributed by atoms with Gasteiger partial charge < -0.3 is 15.2 Å². The molecule has 0 saturated carbocycles. The van der Waals surface area contributed by atoms with Gasteiger partial charge >= 0.3 is 11.9 Å². The number of carboxylic acid groups (broad SMARTS) is 1. The van der Waals surface area contributed by atoms with E-state index < -0.39 is 11.9 Å². The second-order valence-corrected chi connectivity index (χ2v) is 6.29. The summed E-state index contributed by atoms with van der Waals surface area (Å²) in [5.74, 6) is -1.52. The first-order chi connectivity index (χ1) is 14.0. The quantitative estimate of drug-likeness (QED) is 0.450. The van der Waals surface area contributed by atoms with Crippen LogP contribution in [0.5, 0.6) is 0 Å². The van der Waals surface area contributed by atoms with Gasteiger partial charge in [0, 0.05) is 16.8 Å². The molecule has 146 valence electrons. The minimum atomic E-state index is -0.968. The van der Waals surface area contributed by atoms with Gasteiger partial charge in [-0.15, -0.1) is 0 Å². The number of ketones is 1. The number of esters is 1. The van der Waals surface area contributed by atoms with Crippen LogP contribution in [0.2, 0.25) is 0 Å². The molecule has 0 heterocycles. The van der Waals surface area contributed by atoms with Crippen LogP contribution in [0.1, 0.15) is 31.8 Å². The van der Waals surface area contributed by atoms with Gasteiger partial charge in [0.25, 0.3) is 0 Å². The molecule has 2 N–H and O–H groups in total. The van der Waals surface area contributed by atoms with Gasteiger partial charge in [-0.1, -0.05) is 54.6 Å². The highest BCUT2D eigenvalue weighted by molar-refractivity contribution is 6.08. The summed E-state index contributed by atoms with van der Waals surface area (Å²) in [6.07, 6.45) is 0. The predicted octanol–water partition coefficient (Wildman–Crippen LogP) is 3.77. The van der Waals surface area contributed by atoms with Crippen molar-refractivity contribution in [3.63, 3.8) is 0 Å². The summed E-state index contributed by atoms with van der Waals surface area (Å²) in [7, 11) is 0. The van der Waals surface area contributed by atoms with Gasteiger partial charge in [0.15, 0.2) is 5.78 Å². The minimum absolute atomic E-state index is 0.0641. The van der Waals surface area contributed by atoms with Gasteiger partial charge in [0.05, 0.1) is 5.56 Å².